The Labute approximate surface area is 89.9 Å². The maximum atomic E-state index is 5.46. The van der Waals surface area contributed by atoms with Crippen LogP contribution in [-0.2, 0) is 24.0 Å². The van der Waals surface area contributed by atoms with Crippen LogP contribution in [0.25, 0.3) is 0 Å². The van der Waals surface area contributed by atoms with Gasteiger partial charge in [-0.3, -0.25) is 0 Å². The summed E-state index contributed by atoms with van der Waals surface area (Å²) in [4.78, 5) is 8.91. The van der Waals surface area contributed by atoms with Crippen molar-refractivity contribution in [1.82, 2.24) is 9.97 Å². The van der Waals surface area contributed by atoms with Crippen molar-refractivity contribution >= 4 is 0 Å². The molecule has 1 aliphatic rings. The number of fused-ring (bicyclic) bond motifs is 1. The first kappa shape index (κ1) is 10.5. The van der Waals surface area contributed by atoms with E-state index in [2.05, 4.69) is 9.97 Å². The van der Waals surface area contributed by atoms with Gasteiger partial charge in [0.05, 0.1) is 13.2 Å². The molecule has 4 nitrogen and oxygen atoms in total. The molecule has 0 fully saturated rings. The van der Waals surface area contributed by atoms with Crippen LogP contribution in [0.4, 0.5) is 0 Å². The van der Waals surface area contributed by atoms with Gasteiger partial charge < -0.3 is 10.5 Å². The second kappa shape index (κ2) is 5.19. The summed E-state index contributed by atoms with van der Waals surface area (Å²) in [6, 6.07) is 0. The van der Waals surface area contributed by atoms with E-state index in [0.29, 0.717) is 6.54 Å². The first-order valence-corrected chi connectivity index (χ1v) is 5.51. The van der Waals surface area contributed by atoms with E-state index in [9.17, 15) is 0 Å². The zero-order valence-corrected chi connectivity index (χ0v) is 8.91. The minimum absolute atomic E-state index is 0.698. The van der Waals surface area contributed by atoms with Gasteiger partial charge in [-0.05, 0) is 24.9 Å². The Morgan fingerprint density at radius 3 is 3.07 bits per heavy atom. The number of ether oxygens (including phenoxy) is 1. The van der Waals surface area contributed by atoms with Crippen LogP contribution in [0.15, 0.2) is 6.20 Å². The van der Waals surface area contributed by atoms with Crippen molar-refractivity contribution in [2.75, 3.05) is 19.8 Å². The lowest BCUT2D eigenvalue weighted by atomic mass is 10.1. The Balaban J connectivity index is 2.13. The molecule has 0 saturated carbocycles. The van der Waals surface area contributed by atoms with Crippen LogP contribution in [0.2, 0.25) is 0 Å². The number of hydrogen-bond donors (Lipinski definition) is 1. The minimum atomic E-state index is 0.698. The molecule has 4 heteroatoms. The summed E-state index contributed by atoms with van der Waals surface area (Å²) in [6.07, 6.45) is 5.63. The van der Waals surface area contributed by atoms with Crippen molar-refractivity contribution in [1.29, 1.82) is 0 Å². The van der Waals surface area contributed by atoms with Crippen molar-refractivity contribution in [3.8, 4) is 0 Å². The Kier molecular flexibility index (Phi) is 3.64. The van der Waals surface area contributed by atoms with Gasteiger partial charge in [-0.25, -0.2) is 9.97 Å². The molecule has 0 radical (unpaired) electrons. The minimum Gasteiger partial charge on any atom is -0.381 e. The normalized spacial score (nSPS) is 15.8. The van der Waals surface area contributed by atoms with Crippen LogP contribution in [-0.4, -0.2) is 29.7 Å². The van der Waals surface area contributed by atoms with E-state index in [0.717, 1.165) is 50.4 Å². The third-order valence-electron chi connectivity index (χ3n) is 2.61. The van der Waals surface area contributed by atoms with E-state index < -0.39 is 0 Å². The molecule has 1 aromatic rings. The number of aryl methyl sites for hydroxylation is 1. The Bertz CT molecular complexity index is 328. The van der Waals surface area contributed by atoms with E-state index >= 15 is 0 Å². The number of aromatic nitrogens is 2. The third kappa shape index (κ3) is 2.73. The van der Waals surface area contributed by atoms with Crippen LogP contribution in [0, 0.1) is 0 Å². The molecule has 0 unspecified atom stereocenters. The molecular formula is C11H17N3O. The number of rotatable bonds is 3. The Morgan fingerprint density at radius 1 is 1.33 bits per heavy atom. The first-order valence-electron chi connectivity index (χ1n) is 5.51. The summed E-state index contributed by atoms with van der Waals surface area (Å²) in [5.74, 6) is 0.918. The molecule has 2 heterocycles. The number of nitrogens with two attached hydrogens (primary N) is 1. The molecule has 2 N–H and O–H groups in total. The summed E-state index contributed by atoms with van der Waals surface area (Å²) >= 11 is 0. The highest BCUT2D eigenvalue weighted by Crippen LogP contribution is 2.11. The highest BCUT2D eigenvalue weighted by atomic mass is 16.5. The van der Waals surface area contributed by atoms with Crippen molar-refractivity contribution in [2.24, 2.45) is 5.73 Å². The van der Waals surface area contributed by atoms with Gasteiger partial charge in [0.1, 0.15) is 5.82 Å². The highest BCUT2D eigenvalue weighted by Gasteiger charge is 2.10. The molecule has 0 amide bonds. The van der Waals surface area contributed by atoms with Gasteiger partial charge in [0.25, 0.3) is 0 Å². The van der Waals surface area contributed by atoms with Crippen LogP contribution >= 0.6 is 0 Å². The average molecular weight is 207 g/mol. The van der Waals surface area contributed by atoms with Gasteiger partial charge in [-0.15, -0.1) is 0 Å². The topological polar surface area (TPSA) is 61.0 Å². The molecule has 0 atom stereocenters. The molecule has 1 aromatic heterocycles. The van der Waals surface area contributed by atoms with E-state index in [1.165, 1.54) is 5.56 Å². The highest BCUT2D eigenvalue weighted by molar-refractivity contribution is 5.19. The molecule has 0 aliphatic carbocycles. The summed E-state index contributed by atoms with van der Waals surface area (Å²) in [5.41, 5.74) is 7.87. The van der Waals surface area contributed by atoms with Crippen LogP contribution < -0.4 is 5.73 Å². The van der Waals surface area contributed by atoms with E-state index in [-0.39, 0.29) is 0 Å². The fourth-order valence-electron chi connectivity index (χ4n) is 1.74. The fourth-order valence-corrected chi connectivity index (χ4v) is 1.74. The third-order valence-corrected chi connectivity index (χ3v) is 2.61. The maximum absolute atomic E-state index is 5.46. The standard InChI is InChI=1S/C11H17N3O/c12-5-1-2-11-13-8-9-3-6-15-7-4-10(9)14-11/h8H,1-7,12H2. The lowest BCUT2D eigenvalue weighted by molar-refractivity contribution is 0.146. The van der Waals surface area contributed by atoms with Gasteiger partial charge in [-0.1, -0.05) is 0 Å². The molecular weight excluding hydrogens is 190 g/mol. The second-order valence-corrected chi connectivity index (χ2v) is 3.76. The summed E-state index contributed by atoms with van der Waals surface area (Å²) in [5, 5.41) is 0. The molecule has 1 aliphatic heterocycles. The number of nitrogens with zero attached hydrogens (tertiary/aromatic N) is 2. The first-order chi connectivity index (χ1) is 7.40. The molecule has 15 heavy (non-hydrogen) atoms. The summed E-state index contributed by atoms with van der Waals surface area (Å²) in [7, 11) is 0. The van der Waals surface area contributed by atoms with Crippen molar-refractivity contribution in [3.05, 3.63) is 23.3 Å². The molecule has 82 valence electrons. The molecule has 0 aromatic carbocycles. The van der Waals surface area contributed by atoms with Crippen LogP contribution in [0.3, 0.4) is 0 Å². The fraction of sp³-hybridized carbons (Fsp3) is 0.636. The van der Waals surface area contributed by atoms with Gasteiger partial charge in [0.15, 0.2) is 0 Å². The van der Waals surface area contributed by atoms with Gasteiger partial charge in [0, 0.05) is 24.7 Å². The molecule has 0 bridgehead atoms. The van der Waals surface area contributed by atoms with Crippen LogP contribution in [0.5, 0.6) is 0 Å². The maximum Gasteiger partial charge on any atom is 0.128 e. The lowest BCUT2D eigenvalue weighted by Gasteiger charge is -2.05. The van der Waals surface area contributed by atoms with Crippen molar-refractivity contribution in [3.63, 3.8) is 0 Å². The predicted molar refractivity (Wildman–Crippen MR) is 57.6 cm³/mol. The summed E-state index contributed by atoms with van der Waals surface area (Å²) < 4.78 is 5.41. The molecule has 2 rings (SSSR count). The van der Waals surface area contributed by atoms with Crippen molar-refractivity contribution in [2.45, 2.75) is 25.7 Å². The van der Waals surface area contributed by atoms with E-state index in [4.69, 9.17) is 10.5 Å². The van der Waals surface area contributed by atoms with E-state index in [1.54, 1.807) is 0 Å². The quantitative estimate of drug-likeness (QED) is 0.783. The SMILES string of the molecule is NCCCc1ncc2c(n1)CCOCC2. The molecule has 0 saturated heterocycles. The van der Waals surface area contributed by atoms with Gasteiger partial charge in [0.2, 0.25) is 0 Å². The van der Waals surface area contributed by atoms with Crippen molar-refractivity contribution < 1.29 is 4.74 Å². The zero-order chi connectivity index (χ0) is 10.5. The monoisotopic (exact) mass is 207 g/mol. The molecule has 0 spiro atoms. The van der Waals surface area contributed by atoms with Gasteiger partial charge in [-0.2, -0.15) is 0 Å². The Hall–Kier alpha value is -1.00. The van der Waals surface area contributed by atoms with Gasteiger partial charge >= 0.3 is 0 Å². The van der Waals surface area contributed by atoms with E-state index in [1.807, 2.05) is 6.20 Å². The zero-order valence-electron chi connectivity index (χ0n) is 8.91. The average Bonchev–Trinajstić information content (AvgIpc) is 2.50. The smallest absolute Gasteiger partial charge is 0.128 e. The Morgan fingerprint density at radius 2 is 2.20 bits per heavy atom. The largest absolute Gasteiger partial charge is 0.381 e. The second-order valence-electron chi connectivity index (χ2n) is 3.76. The lowest BCUT2D eigenvalue weighted by Crippen LogP contribution is -2.07. The predicted octanol–water partition coefficient (Wildman–Crippen LogP) is 0.483. The van der Waals surface area contributed by atoms with Crippen LogP contribution in [0.1, 0.15) is 23.5 Å². The number of hydrogen-bond acceptors (Lipinski definition) is 4. The summed E-state index contributed by atoms with van der Waals surface area (Å²) in [6.45, 7) is 2.27.